The topological polar surface area (TPSA) is 44.4 Å². The molecule has 0 aliphatic carbocycles. The number of hydrogen-bond donors (Lipinski definition) is 2. The van der Waals surface area contributed by atoms with Crippen LogP contribution in [0.2, 0.25) is 5.02 Å². The second-order valence-electron chi connectivity index (χ2n) is 5.36. The van der Waals surface area contributed by atoms with Crippen LogP contribution in [-0.2, 0) is 4.79 Å². The maximum absolute atomic E-state index is 12.1. The number of rotatable bonds is 5. The Morgan fingerprint density at radius 1 is 1.43 bits per heavy atom. The van der Waals surface area contributed by atoms with Gasteiger partial charge in [-0.1, -0.05) is 11.6 Å². The molecule has 0 spiro atoms. The molecule has 0 bridgehead atoms. The summed E-state index contributed by atoms with van der Waals surface area (Å²) in [6, 6.07) is 5.54. The fraction of sp³-hybridized carbons (Fsp3) is 0.533. The Morgan fingerprint density at radius 3 is 2.81 bits per heavy atom. The molecule has 0 aromatic heterocycles. The van der Waals surface area contributed by atoms with E-state index in [-0.39, 0.29) is 5.91 Å². The first-order valence-corrected chi connectivity index (χ1v) is 8.58. The van der Waals surface area contributed by atoms with Crippen LogP contribution in [-0.4, -0.2) is 44.1 Å². The lowest BCUT2D eigenvalue weighted by Crippen LogP contribution is -2.30. The predicted molar refractivity (Wildman–Crippen MR) is 92.8 cm³/mol. The summed E-state index contributed by atoms with van der Waals surface area (Å²) in [6.07, 6.45) is 2.27. The molecule has 6 heteroatoms. The molecule has 1 heterocycles. The van der Waals surface area contributed by atoms with Crippen LogP contribution in [0, 0.1) is 0 Å². The van der Waals surface area contributed by atoms with Gasteiger partial charge in [0.2, 0.25) is 5.91 Å². The predicted octanol–water partition coefficient (Wildman–Crippen LogP) is 2.83. The Morgan fingerprint density at radius 2 is 2.14 bits per heavy atom. The van der Waals surface area contributed by atoms with Crippen molar-refractivity contribution in [1.29, 1.82) is 0 Å². The number of carbonyl (C=O) groups excluding carboxylic acids is 1. The van der Waals surface area contributed by atoms with Crippen LogP contribution < -0.4 is 15.5 Å². The van der Waals surface area contributed by atoms with Crippen molar-refractivity contribution in [1.82, 2.24) is 5.32 Å². The van der Waals surface area contributed by atoms with Crippen molar-refractivity contribution in [3.63, 3.8) is 0 Å². The number of nitrogens with zero attached hydrogens (tertiary/aromatic N) is 1. The minimum absolute atomic E-state index is 0.0314. The van der Waals surface area contributed by atoms with E-state index in [4.69, 9.17) is 11.6 Å². The van der Waals surface area contributed by atoms with Crippen molar-refractivity contribution in [2.75, 3.05) is 43.2 Å². The first-order chi connectivity index (χ1) is 10.1. The van der Waals surface area contributed by atoms with E-state index in [2.05, 4.69) is 10.6 Å². The van der Waals surface area contributed by atoms with Crippen LogP contribution in [0.25, 0.3) is 0 Å². The second-order valence-corrected chi connectivity index (χ2v) is 7.09. The minimum Gasteiger partial charge on any atom is -0.376 e. The van der Waals surface area contributed by atoms with E-state index in [0.717, 1.165) is 37.3 Å². The summed E-state index contributed by atoms with van der Waals surface area (Å²) in [5, 5.41) is 7.52. The summed E-state index contributed by atoms with van der Waals surface area (Å²) in [5.41, 5.74) is 1.73. The van der Waals surface area contributed by atoms with Crippen LogP contribution in [0.4, 0.5) is 11.4 Å². The van der Waals surface area contributed by atoms with E-state index in [9.17, 15) is 4.79 Å². The summed E-state index contributed by atoms with van der Waals surface area (Å²) >= 11 is 7.77. The summed E-state index contributed by atoms with van der Waals surface area (Å²) < 4.78 is 0. The van der Waals surface area contributed by atoms with Gasteiger partial charge in [-0.2, -0.15) is 0 Å². The lowest BCUT2D eigenvalue weighted by molar-refractivity contribution is -0.113. The molecule has 4 nitrogen and oxygen atoms in total. The third-order valence-electron chi connectivity index (χ3n) is 3.45. The van der Waals surface area contributed by atoms with E-state index in [1.165, 1.54) is 0 Å². The smallest absolute Gasteiger partial charge is 0.234 e. The Balaban J connectivity index is 1.91. The van der Waals surface area contributed by atoms with Crippen molar-refractivity contribution < 1.29 is 4.79 Å². The zero-order chi connectivity index (χ0) is 15.2. The van der Waals surface area contributed by atoms with E-state index in [1.54, 1.807) is 17.8 Å². The molecule has 1 saturated heterocycles. The molecule has 2 N–H and O–H groups in total. The first kappa shape index (κ1) is 16.5. The number of halogens is 1. The third-order valence-corrected chi connectivity index (χ3v) is 5.06. The molecule has 2 rings (SSSR count). The molecule has 1 amide bonds. The summed E-state index contributed by atoms with van der Waals surface area (Å²) in [5.74, 6) is 0.522. The monoisotopic (exact) mass is 327 g/mol. The van der Waals surface area contributed by atoms with Gasteiger partial charge in [-0.15, -0.1) is 11.8 Å². The van der Waals surface area contributed by atoms with Crippen molar-refractivity contribution in [2.24, 2.45) is 0 Å². The molecule has 1 aromatic rings. The van der Waals surface area contributed by atoms with Gasteiger partial charge in [0.25, 0.3) is 0 Å². The summed E-state index contributed by atoms with van der Waals surface area (Å²) in [7, 11) is 3.89. The molecule has 0 saturated carbocycles. The van der Waals surface area contributed by atoms with Crippen LogP contribution in [0.5, 0.6) is 0 Å². The third kappa shape index (κ3) is 5.09. The number of thioether (sulfide) groups is 1. The Hall–Kier alpha value is -0.910. The summed E-state index contributed by atoms with van der Waals surface area (Å²) in [6.45, 7) is 2.11. The average molecular weight is 328 g/mol. The quantitative estimate of drug-likeness (QED) is 0.873. The van der Waals surface area contributed by atoms with Crippen LogP contribution in [0.15, 0.2) is 18.2 Å². The van der Waals surface area contributed by atoms with Gasteiger partial charge in [0, 0.05) is 24.4 Å². The Bertz CT molecular complexity index is 490. The molecule has 1 aliphatic heterocycles. The van der Waals surface area contributed by atoms with Crippen LogP contribution >= 0.6 is 23.4 Å². The molecule has 116 valence electrons. The zero-order valence-electron chi connectivity index (χ0n) is 12.5. The first-order valence-electron chi connectivity index (χ1n) is 7.15. The molecular weight excluding hydrogens is 306 g/mol. The minimum atomic E-state index is 0.0314. The van der Waals surface area contributed by atoms with Gasteiger partial charge < -0.3 is 15.5 Å². The van der Waals surface area contributed by atoms with E-state index < -0.39 is 0 Å². The van der Waals surface area contributed by atoms with E-state index in [1.807, 2.05) is 31.1 Å². The van der Waals surface area contributed by atoms with E-state index in [0.29, 0.717) is 16.0 Å². The van der Waals surface area contributed by atoms with Crippen molar-refractivity contribution in [2.45, 2.75) is 18.1 Å². The highest BCUT2D eigenvalue weighted by Crippen LogP contribution is 2.28. The number of hydrogen-bond acceptors (Lipinski definition) is 4. The number of amides is 1. The summed E-state index contributed by atoms with van der Waals surface area (Å²) in [4.78, 5) is 14.1. The molecular formula is C15H22ClN3OS. The zero-order valence-corrected chi connectivity index (χ0v) is 14.1. The van der Waals surface area contributed by atoms with Crippen LogP contribution in [0.3, 0.4) is 0 Å². The maximum atomic E-state index is 12.1. The molecule has 21 heavy (non-hydrogen) atoms. The van der Waals surface area contributed by atoms with Crippen molar-refractivity contribution >= 4 is 40.6 Å². The number of piperidine rings is 1. The highest BCUT2D eigenvalue weighted by atomic mass is 35.5. The second kappa shape index (κ2) is 7.92. The van der Waals surface area contributed by atoms with Gasteiger partial charge in [0.05, 0.1) is 17.1 Å². The molecule has 0 radical (unpaired) electrons. The molecule has 1 fully saturated rings. The number of carbonyl (C=O) groups is 1. The Labute approximate surface area is 135 Å². The lowest BCUT2D eigenvalue weighted by Gasteiger charge is -2.22. The van der Waals surface area contributed by atoms with Gasteiger partial charge in [-0.05, 0) is 44.1 Å². The number of nitrogens with one attached hydrogen (secondary N) is 2. The molecule has 1 aliphatic rings. The van der Waals surface area contributed by atoms with Crippen molar-refractivity contribution in [3.8, 4) is 0 Å². The lowest BCUT2D eigenvalue weighted by atomic mass is 10.2. The van der Waals surface area contributed by atoms with Crippen LogP contribution in [0.1, 0.15) is 12.8 Å². The molecule has 0 atom stereocenters. The highest BCUT2D eigenvalue weighted by molar-refractivity contribution is 8.00. The normalized spacial score (nSPS) is 15.8. The van der Waals surface area contributed by atoms with Crippen molar-refractivity contribution in [3.05, 3.63) is 23.2 Å². The van der Waals surface area contributed by atoms with Gasteiger partial charge in [-0.3, -0.25) is 4.79 Å². The maximum Gasteiger partial charge on any atom is 0.234 e. The number of benzene rings is 1. The standard InChI is InChI=1S/C15H22ClN3OS/c1-19(2)14-4-3-11(16)9-13(14)18-15(20)10-21-12-5-7-17-8-6-12/h3-4,9,12,17H,5-8,10H2,1-2H3,(H,18,20). The fourth-order valence-corrected chi connectivity index (χ4v) is 3.54. The fourth-order valence-electron chi connectivity index (χ4n) is 2.34. The van der Waals surface area contributed by atoms with E-state index >= 15 is 0 Å². The largest absolute Gasteiger partial charge is 0.376 e. The number of anilines is 2. The Kier molecular flexibility index (Phi) is 6.21. The SMILES string of the molecule is CN(C)c1ccc(Cl)cc1NC(=O)CSC1CCNCC1. The average Bonchev–Trinajstić information content (AvgIpc) is 2.46. The molecule has 0 unspecified atom stereocenters. The highest BCUT2D eigenvalue weighted by Gasteiger charge is 2.16. The van der Waals surface area contributed by atoms with Gasteiger partial charge in [0.1, 0.15) is 0 Å². The van der Waals surface area contributed by atoms with Gasteiger partial charge >= 0.3 is 0 Å². The van der Waals surface area contributed by atoms with Gasteiger partial charge in [0.15, 0.2) is 0 Å². The van der Waals surface area contributed by atoms with Gasteiger partial charge in [-0.25, -0.2) is 0 Å². The molecule has 1 aromatic carbocycles.